The molecule has 0 aliphatic heterocycles. The van der Waals surface area contributed by atoms with Crippen LogP contribution < -0.4 is 10.6 Å². The molecule has 2 aromatic carbocycles. The SMILES string of the molecule is CCN(CC)S(=O)(=O)c1cccc(C(=O)N[C@@H](C(=O)N[C@@H]2CCCc3ccccc32)C(C)C)c1. The van der Waals surface area contributed by atoms with Crippen LogP contribution in [0.25, 0.3) is 0 Å². The molecule has 0 unspecified atom stereocenters. The summed E-state index contributed by atoms with van der Waals surface area (Å²) in [5, 5.41) is 5.95. The van der Waals surface area contributed by atoms with Gasteiger partial charge in [-0.15, -0.1) is 0 Å². The smallest absolute Gasteiger partial charge is 0.251 e. The molecule has 0 fully saturated rings. The van der Waals surface area contributed by atoms with Crippen molar-refractivity contribution in [3.05, 3.63) is 65.2 Å². The summed E-state index contributed by atoms with van der Waals surface area (Å²) in [5.74, 6) is -0.864. The van der Waals surface area contributed by atoms with Crippen LogP contribution in [-0.2, 0) is 21.2 Å². The topological polar surface area (TPSA) is 95.6 Å². The third-order valence-corrected chi connectivity index (χ3v) is 8.41. The fraction of sp³-hybridized carbons (Fsp3) is 0.462. The highest BCUT2D eigenvalue weighted by molar-refractivity contribution is 7.89. The Bertz CT molecular complexity index is 1130. The molecule has 2 N–H and O–H groups in total. The van der Waals surface area contributed by atoms with E-state index in [1.807, 2.05) is 32.0 Å². The lowest BCUT2D eigenvalue weighted by atomic mass is 9.87. The monoisotopic (exact) mass is 485 g/mol. The van der Waals surface area contributed by atoms with Gasteiger partial charge in [-0.05, 0) is 54.5 Å². The van der Waals surface area contributed by atoms with Crippen LogP contribution in [0.5, 0.6) is 0 Å². The van der Waals surface area contributed by atoms with E-state index in [1.165, 1.54) is 22.0 Å². The number of nitrogens with one attached hydrogen (secondary N) is 2. The number of carbonyl (C=O) groups excluding carboxylic acids is 2. The fourth-order valence-electron chi connectivity index (χ4n) is 4.44. The summed E-state index contributed by atoms with van der Waals surface area (Å²) in [5.41, 5.74) is 2.58. The van der Waals surface area contributed by atoms with E-state index in [9.17, 15) is 18.0 Å². The third kappa shape index (κ3) is 5.67. The number of rotatable bonds is 9. The number of amides is 2. The highest BCUT2D eigenvalue weighted by Crippen LogP contribution is 2.29. The van der Waals surface area contributed by atoms with E-state index in [2.05, 4.69) is 16.7 Å². The summed E-state index contributed by atoms with van der Waals surface area (Å²) in [6, 6.07) is 13.3. The van der Waals surface area contributed by atoms with Crippen LogP contribution in [0.15, 0.2) is 53.4 Å². The number of nitrogens with zero attached hydrogens (tertiary/aromatic N) is 1. The molecule has 0 radical (unpaired) electrons. The lowest BCUT2D eigenvalue weighted by Crippen LogP contribution is -2.50. The molecule has 3 rings (SSSR count). The zero-order valence-electron chi connectivity index (χ0n) is 20.4. The summed E-state index contributed by atoms with van der Waals surface area (Å²) in [7, 11) is -3.69. The molecule has 184 valence electrons. The summed E-state index contributed by atoms with van der Waals surface area (Å²) < 4.78 is 27.1. The molecule has 1 aliphatic carbocycles. The molecule has 8 heteroatoms. The lowest BCUT2D eigenvalue weighted by Gasteiger charge is -2.29. The maximum absolute atomic E-state index is 13.2. The average molecular weight is 486 g/mol. The first-order valence-electron chi connectivity index (χ1n) is 12.0. The van der Waals surface area contributed by atoms with Crippen LogP contribution in [0.4, 0.5) is 0 Å². The van der Waals surface area contributed by atoms with Crippen molar-refractivity contribution in [1.82, 2.24) is 14.9 Å². The molecular weight excluding hydrogens is 450 g/mol. The second kappa shape index (κ2) is 11.1. The van der Waals surface area contributed by atoms with Gasteiger partial charge in [-0.2, -0.15) is 4.31 Å². The zero-order valence-corrected chi connectivity index (χ0v) is 21.2. The van der Waals surface area contributed by atoms with Crippen LogP contribution in [0.3, 0.4) is 0 Å². The largest absolute Gasteiger partial charge is 0.347 e. The van der Waals surface area contributed by atoms with Gasteiger partial charge in [0.1, 0.15) is 6.04 Å². The molecule has 0 saturated heterocycles. The summed E-state index contributed by atoms with van der Waals surface area (Å²) in [4.78, 5) is 26.3. The van der Waals surface area contributed by atoms with Crippen LogP contribution in [-0.4, -0.2) is 43.7 Å². The highest BCUT2D eigenvalue weighted by atomic mass is 32.2. The minimum absolute atomic E-state index is 0.0632. The van der Waals surface area contributed by atoms with Crippen molar-refractivity contribution >= 4 is 21.8 Å². The first kappa shape index (κ1) is 25.9. The Labute approximate surface area is 203 Å². The summed E-state index contributed by atoms with van der Waals surface area (Å²) in [6.07, 6.45) is 2.85. The number of carbonyl (C=O) groups is 2. The van der Waals surface area contributed by atoms with Crippen molar-refractivity contribution in [3.8, 4) is 0 Å². The molecule has 0 heterocycles. The molecule has 7 nitrogen and oxygen atoms in total. The fourth-order valence-corrected chi connectivity index (χ4v) is 5.94. The van der Waals surface area contributed by atoms with Crippen LogP contribution >= 0.6 is 0 Å². The second-order valence-electron chi connectivity index (χ2n) is 8.96. The lowest BCUT2D eigenvalue weighted by molar-refractivity contribution is -0.124. The molecule has 0 spiro atoms. The number of hydrogen-bond acceptors (Lipinski definition) is 4. The number of fused-ring (bicyclic) bond motifs is 1. The van der Waals surface area contributed by atoms with E-state index in [1.54, 1.807) is 26.0 Å². The van der Waals surface area contributed by atoms with Gasteiger partial charge >= 0.3 is 0 Å². The molecule has 0 saturated carbocycles. The Morgan fingerprint density at radius 2 is 1.76 bits per heavy atom. The third-order valence-electron chi connectivity index (χ3n) is 6.36. The molecule has 2 aromatic rings. The average Bonchev–Trinajstić information content (AvgIpc) is 2.83. The van der Waals surface area contributed by atoms with Gasteiger partial charge in [-0.25, -0.2) is 8.42 Å². The number of benzene rings is 2. The standard InChI is InChI=1S/C26H35N3O4S/c1-5-29(6-2)34(32,33)21-14-9-13-20(17-21)25(30)28-24(18(3)4)26(31)27-23-16-10-12-19-11-7-8-15-22(19)23/h7-9,11,13-15,17-18,23-24H,5-6,10,12,16H2,1-4H3,(H,27,31)(H,28,30)/t23-,24-/m1/s1. The van der Waals surface area contributed by atoms with Gasteiger partial charge in [0.15, 0.2) is 0 Å². The minimum Gasteiger partial charge on any atom is -0.347 e. The summed E-state index contributed by atoms with van der Waals surface area (Å²) >= 11 is 0. The van der Waals surface area contributed by atoms with Crippen LogP contribution in [0.1, 0.15) is 68.1 Å². The van der Waals surface area contributed by atoms with Crippen molar-refractivity contribution < 1.29 is 18.0 Å². The summed E-state index contributed by atoms with van der Waals surface area (Å²) in [6.45, 7) is 7.98. The van der Waals surface area contributed by atoms with E-state index in [0.29, 0.717) is 13.1 Å². The minimum atomic E-state index is -3.69. The van der Waals surface area contributed by atoms with E-state index in [4.69, 9.17) is 0 Å². The Morgan fingerprint density at radius 1 is 1.06 bits per heavy atom. The number of aryl methyl sites for hydroxylation is 1. The number of hydrogen-bond donors (Lipinski definition) is 2. The Hall–Kier alpha value is -2.71. The maximum Gasteiger partial charge on any atom is 0.251 e. The molecule has 1 aliphatic rings. The molecule has 0 aromatic heterocycles. The first-order valence-corrected chi connectivity index (χ1v) is 13.4. The van der Waals surface area contributed by atoms with Crippen molar-refractivity contribution in [3.63, 3.8) is 0 Å². The normalized spacial score (nSPS) is 16.7. The van der Waals surface area contributed by atoms with E-state index < -0.39 is 22.0 Å². The van der Waals surface area contributed by atoms with Gasteiger partial charge in [0.2, 0.25) is 15.9 Å². The van der Waals surface area contributed by atoms with Crippen molar-refractivity contribution in [2.24, 2.45) is 5.92 Å². The zero-order chi connectivity index (χ0) is 24.9. The Morgan fingerprint density at radius 3 is 2.44 bits per heavy atom. The number of sulfonamides is 1. The molecular formula is C26H35N3O4S. The van der Waals surface area contributed by atoms with Gasteiger partial charge in [-0.1, -0.05) is 58.0 Å². The Kier molecular flexibility index (Phi) is 8.49. The molecule has 0 bridgehead atoms. The van der Waals surface area contributed by atoms with E-state index in [0.717, 1.165) is 24.8 Å². The Balaban J connectivity index is 1.77. The molecule has 34 heavy (non-hydrogen) atoms. The van der Waals surface area contributed by atoms with Crippen molar-refractivity contribution in [1.29, 1.82) is 0 Å². The second-order valence-corrected chi connectivity index (χ2v) is 10.9. The van der Waals surface area contributed by atoms with Gasteiger partial charge in [0.25, 0.3) is 5.91 Å². The maximum atomic E-state index is 13.2. The first-order chi connectivity index (χ1) is 16.2. The van der Waals surface area contributed by atoms with Crippen LogP contribution in [0, 0.1) is 5.92 Å². The molecule has 2 amide bonds. The van der Waals surface area contributed by atoms with Gasteiger partial charge in [-0.3, -0.25) is 9.59 Å². The molecule has 2 atom stereocenters. The quantitative estimate of drug-likeness (QED) is 0.567. The van der Waals surface area contributed by atoms with Gasteiger partial charge in [0, 0.05) is 18.7 Å². The van der Waals surface area contributed by atoms with E-state index >= 15 is 0 Å². The van der Waals surface area contributed by atoms with E-state index in [-0.39, 0.29) is 28.3 Å². The highest BCUT2D eigenvalue weighted by Gasteiger charge is 2.29. The van der Waals surface area contributed by atoms with Crippen molar-refractivity contribution in [2.45, 2.75) is 63.9 Å². The van der Waals surface area contributed by atoms with Crippen molar-refractivity contribution in [2.75, 3.05) is 13.1 Å². The van der Waals surface area contributed by atoms with Crippen LogP contribution in [0.2, 0.25) is 0 Å². The predicted molar refractivity (Wildman–Crippen MR) is 133 cm³/mol. The predicted octanol–water partition coefficient (Wildman–Crippen LogP) is 3.67. The van der Waals surface area contributed by atoms with Gasteiger partial charge < -0.3 is 10.6 Å². The van der Waals surface area contributed by atoms with Gasteiger partial charge in [0.05, 0.1) is 10.9 Å².